The topological polar surface area (TPSA) is 82.9 Å². The van der Waals surface area contributed by atoms with Gasteiger partial charge in [0.05, 0.1) is 12.0 Å². The van der Waals surface area contributed by atoms with E-state index in [2.05, 4.69) is 10.2 Å². The Bertz CT molecular complexity index is 871. The van der Waals surface area contributed by atoms with Crippen molar-refractivity contribution in [3.8, 4) is 0 Å². The van der Waals surface area contributed by atoms with Gasteiger partial charge in [0.25, 0.3) is 0 Å². The Balaban J connectivity index is 1.38. The molecular weight excluding hydrogens is 378 g/mol. The van der Waals surface area contributed by atoms with E-state index in [1.165, 1.54) is 12.3 Å². The lowest BCUT2D eigenvalue weighted by molar-refractivity contribution is -0.116. The van der Waals surface area contributed by atoms with Crippen molar-refractivity contribution >= 4 is 27.7 Å². The van der Waals surface area contributed by atoms with Crippen molar-refractivity contribution in [3.63, 3.8) is 0 Å². The van der Waals surface area contributed by atoms with Crippen molar-refractivity contribution in [2.24, 2.45) is 0 Å². The smallest absolute Gasteiger partial charge is 0.244 e. The Morgan fingerprint density at radius 2 is 1.82 bits per heavy atom. The molecule has 1 saturated heterocycles. The summed E-state index contributed by atoms with van der Waals surface area (Å²) in [7, 11) is -3.31. The van der Waals surface area contributed by atoms with E-state index in [1.54, 1.807) is 22.5 Å². The van der Waals surface area contributed by atoms with Gasteiger partial charge in [-0.15, -0.1) is 0 Å². The molecule has 2 heterocycles. The van der Waals surface area contributed by atoms with Crippen LogP contribution >= 0.6 is 0 Å². The van der Waals surface area contributed by atoms with Crippen LogP contribution in [0.4, 0.5) is 5.69 Å². The summed E-state index contributed by atoms with van der Waals surface area (Å²) in [5, 5.41) is 2.69. The number of piperazine rings is 1. The molecule has 2 aromatic rings. The fraction of sp³-hybridized carbons (Fsp3) is 0.350. The molecular formula is C20H25N3O4S. The molecule has 8 heteroatoms. The fourth-order valence-electron chi connectivity index (χ4n) is 3.06. The second kappa shape index (κ2) is 9.57. The predicted octanol–water partition coefficient (Wildman–Crippen LogP) is 1.95. The first-order valence-electron chi connectivity index (χ1n) is 9.32. The third-order valence-electron chi connectivity index (χ3n) is 4.57. The Labute approximate surface area is 165 Å². The van der Waals surface area contributed by atoms with Crippen LogP contribution in [0.25, 0.3) is 6.08 Å². The van der Waals surface area contributed by atoms with Gasteiger partial charge in [0.15, 0.2) is 0 Å². The number of nitrogens with one attached hydrogen (secondary N) is 1. The first-order valence-corrected chi connectivity index (χ1v) is 10.9. The summed E-state index contributed by atoms with van der Waals surface area (Å²) in [5.41, 5.74) is 1.12. The fourth-order valence-corrected chi connectivity index (χ4v) is 4.55. The summed E-state index contributed by atoms with van der Waals surface area (Å²) in [5.74, 6) is 0.346. The number of anilines is 1. The molecule has 0 atom stereocenters. The Hall–Kier alpha value is -2.58. The van der Waals surface area contributed by atoms with E-state index >= 15 is 0 Å². The normalized spacial score (nSPS) is 15.8. The van der Waals surface area contributed by atoms with E-state index < -0.39 is 10.0 Å². The average molecular weight is 404 g/mol. The number of para-hydroxylation sites is 1. The van der Waals surface area contributed by atoms with Crippen LogP contribution in [-0.4, -0.2) is 57.1 Å². The molecule has 1 amide bonds. The maximum absolute atomic E-state index is 12.5. The van der Waals surface area contributed by atoms with E-state index in [4.69, 9.17) is 4.42 Å². The average Bonchev–Trinajstić information content (AvgIpc) is 3.24. The largest absolute Gasteiger partial charge is 0.465 e. The summed E-state index contributed by atoms with van der Waals surface area (Å²) < 4.78 is 31.7. The van der Waals surface area contributed by atoms with Gasteiger partial charge in [0.1, 0.15) is 5.76 Å². The number of hydrogen-bond donors (Lipinski definition) is 1. The first-order chi connectivity index (χ1) is 13.5. The molecule has 0 bridgehead atoms. The highest BCUT2D eigenvalue weighted by Gasteiger charge is 2.26. The number of nitrogens with zero attached hydrogens (tertiary/aromatic N) is 2. The second-order valence-electron chi connectivity index (χ2n) is 6.53. The summed E-state index contributed by atoms with van der Waals surface area (Å²) in [6, 6.07) is 13.5. The molecule has 1 aliphatic heterocycles. The highest BCUT2D eigenvalue weighted by molar-refractivity contribution is 7.89. The molecule has 0 aliphatic carbocycles. The van der Waals surface area contributed by atoms with Crippen molar-refractivity contribution in [2.45, 2.75) is 6.42 Å². The molecule has 1 aliphatic rings. The van der Waals surface area contributed by atoms with Gasteiger partial charge < -0.3 is 14.6 Å². The van der Waals surface area contributed by atoms with Crippen LogP contribution in [0, 0.1) is 0 Å². The van der Waals surface area contributed by atoms with Crippen molar-refractivity contribution in [1.29, 1.82) is 0 Å². The number of amides is 1. The van der Waals surface area contributed by atoms with Gasteiger partial charge in [-0.1, -0.05) is 18.2 Å². The van der Waals surface area contributed by atoms with Crippen LogP contribution in [0.3, 0.4) is 0 Å². The highest BCUT2D eigenvalue weighted by atomic mass is 32.2. The van der Waals surface area contributed by atoms with Gasteiger partial charge in [0.2, 0.25) is 15.9 Å². The third-order valence-corrected chi connectivity index (χ3v) is 6.53. The van der Waals surface area contributed by atoms with Crippen LogP contribution in [0.5, 0.6) is 0 Å². The van der Waals surface area contributed by atoms with Gasteiger partial charge in [-0.25, -0.2) is 8.42 Å². The summed E-state index contributed by atoms with van der Waals surface area (Å²) in [4.78, 5) is 13.9. The number of hydrogen-bond acceptors (Lipinski definition) is 5. The zero-order valence-corrected chi connectivity index (χ0v) is 16.5. The van der Waals surface area contributed by atoms with Crippen molar-refractivity contribution in [2.75, 3.05) is 43.4 Å². The minimum Gasteiger partial charge on any atom is -0.465 e. The minimum absolute atomic E-state index is 0.0283. The van der Waals surface area contributed by atoms with Crippen LogP contribution in [0.1, 0.15) is 12.2 Å². The lowest BCUT2D eigenvalue weighted by Crippen LogP contribution is -2.49. The van der Waals surface area contributed by atoms with E-state index in [0.29, 0.717) is 44.9 Å². The van der Waals surface area contributed by atoms with E-state index in [1.807, 2.05) is 30.3 Å². The van der Waals surface area contributed by atoms with E-state index in [9.17, 15) is 13.2 Å². The maximum atomic E-state index is 12.5. The molecule has 0 spiro atoms. The molecule has 0 unspecified atom stereocenters. The second-order valence-corrected chi connectivity index (χ2v) is 8.62. The van der Waals surface area contributed by atoms with Crippen LogP contribution in [0.15, 0.2) is 59.2 Å². The summed E-state index contributed by atoms with van der Waals surface area (Å²) in [6.07, 6.45) is 4.85. The van der Waals surface area contributed by atoms with E-state index in [0.717, 1.165) is 5.69 Å². The summed E-state index contributed by atoms with van der Waals surface area (Å²) in [6.45, 7) is 2.63. The molecule has 150 valence electrons. The van der Waals surface area contributed by atoms with Crippen LogP contribution in [0.2, 0.25) is 0 Å². The zero-order chi connectivity index (χ0) is 19.8. The van der Waals surface area contributed by atoms with Crippen LogP contribution in [-0.2, 0) is 14.8 Å². The van der Waals surface area contributed by atoms with Crippen molar-refractivity contribution in [3.05, 3.63) is 60.6 Å². The first kappa shape index (κ1) is 20.2. The standard InChI is InChI=1S/C20H25N3O4S/c24-20(10-9-19-8-4-16-27-19)21-11-5-17-28(25,26)23-14-12-22(13-15-23)18-6-2-1-3-7-18/h1-4,6-10,16H,5,11-15,17H2,(H,21,24)/b10-9+. The maximum Gasteiger partial charge on any atom is 0.244 e. The lowest BCUT2D eigenvalue weighted by atomic mass is 10.2. The monoisotopic (exact) mass is 403 g/mol. The van der Waals surface area contributed by atoms with Gasteiger partial charge in [0, 0.05) is 44.5 Å². The Kier molecular flexibility index (Phi) is 6.89. The third kappa shape index (κ3) is 5.71. The lowest BCUT2D eigenvalue weighted by Gasteiger charge is -2.35. The molecule has 1 N–H and O–H groups in total. The number of benzene rings is 1. The molecule has 7 nitrogen and oxygen atoms in total. The van der Waals surface area contributed by atoms with Crippen molar-refractivity contribution < 1.29 is 17.6 Å². The molecule has 28 heavy (non-hydrogen) atoms. The van der Waals surface area contributed by atoms with Gasteiger partial charge >= 0.3 is 0 Å². The molecule has 0 saturated carbocycles. The molecule has 1 fully saturated rings. The van der Waals surface area contributed by atoms with Crippen LogP contribution < -0.4 is 10.2 Å². The molecule has 1 aromatic carbocycles. The number of carbonyl (C=O) groups excluding carboxylic acids is 1. The number of sulfonamides is 1. The Morgan fingerprint density at radius 1 is 1.07 bits per heavy atom. The molecule has 0 radical (unpaired) electrons. The number of furan rings is 1. The minimum atomic E-state index is -3.31. The van der Waals surface area contributed by atoms with Gasteiger partial charge in [-0.3, -0.25) is 4.79 Å². The molecule has 3 rings (SSSR count). The Morgan fingerprint density at radius 3 is 2.50 bits per heavy atom. The quantitative estimate of drug-likeness (QED) is 0.538. The van der Waals surface area contributed by atoms with Crippen molar-refractivity contribution in [1.82, 2.24) is 9.62 Å². The van der Waals surface area contributed by atoms with Gasteiger partial charge in [-0.2, -0.15) is 4.31 Å². The number of carbonyl (C=O) groups is 1. The SMILES string of the molecule is O=C(/C=C/c1ccco1)NCCCS(=O)(=O)N1CCN(c2ccccc2)CC1. The molecule has 1 aromatic heterocycles. The number of rotatable bonds is 8. The zero-order valence-electron chi connectivity index (χ0n) is 15.7. The van der Waals surface area contributed by atoms with E-state index in [-0.39, 0.29) is 11.7 Å². The van der Waals surface area contributed by atoms with Gasteiger partial charge in [-0.05, 0) is 36.8 Å². The summed E-state index contributed by atoms with van der Waals surface area (Å²) >= 11 is 0. The predicted molar refractivity (Wildman–Crippen MR) is 109 cm³/mol. The highest BCUT2D eigenvalue weighted by Crippen LogP contribution is 2.17.